The van der Waals surface area contributed by atoms with Gasteiger partial charge in [-0.1, -0.05) is 11.8 Å². The molecular weight excluding hydrogens is 254 g/mol. The van der Waals surface area contributed by atoms with Gasteiger partial charge in [-0.3, -0.25) is 4.72 Å². The van der Waals surface area contributed by atoms with Crippen LogP contribution in [0.2, 0.25) is 0 Å². The molecule has 1 aliphatic rings. The first-order valence-corrected chi connectivity index (χ1v) is 6.93. The van der Waals surface area contributed by atoms with Crippen LogP contribution in [0.15, 0.2) is 18.3 Å². The molecule has 1 aromatic rings. The van der Waals surface area contributed by atoms with Gasteiger partial charge in [-0.05, 0) is 25.0 Å². The maximum atomic E-state index is 11.6. The number of nitrogens with zero attached hydrogens (tertiary/aromatic N) is 1. The summed E-state index contributed by atoms with van der Waals surface area (Å²) in [5.74, 6) is 5.36. The lowest BCUT2D eigenvalue weighted by Crippen LogP contribution is -2.32. The summed E-state index contributed by atoms with van der Waals surface area (Å²) < 4.78 is 28.1. The molecular formula is C11H13N3O3S. The summed E-state index contributed by atoms with van der Waals surface area (Å²) in [5.41, 5.74) is 0.586. The highest BCUT2D eigenvalue weighted by Gasteiger charge is 2.26. The van der Waals surface area contributed by atoms with Gasteiger partial charge in [-0.2, -0.15) is 13.1 Å². The molecule has 0 amide bonds. The van der Waals surface area contributed by atoms with E-state index in [1.807, 2.05) is 0 Å². The zero-order valence-corrected chi connectivity index (χ0v) is 10.4. The van der Waals surface area contributed by atoms with Crippen molar-refractivity contribution in [3.05, 3.63) is 23.9 Å². The van der Waals surface area contributed by atoms with Crippen LogP contribution < -0.4 is 9.44 Å². The first-order valence-electron chi connectivity index (χ1n) is 5.45. The fourth-order valence-electron chi connectivity index (χ4n) is 1.29. The quantitative estimate of drug-likeness (QED) is 0.661. The highest BCUT2D eigenvalue weighted by atomic mass is 32.2. The van der Waals surface area contributed by atoms with Gasteiger partial charge in [-0.15, -0.1) is 0 Å². The molecule has 0 aromatic carbocycles. The first kappa shape index (κ1) is 12.8. The Labute approximate surface area is 106 Å². The van der Waals surface area contributed by atoms with Crippen LogP contribution in [0.5, 0.6) is 0 Å². The summed E-state index contributed by atoms with van der Waals surface area (Å²) in [6.07, 6.45) is 3.20. The van der Waals surface area contributed by atoms with E-state index in [0.29, 0.717) is 5.56 Å². The Kier molecular flexibility index (Phi) is 3.81. The second kappa shape index (κ2) is 5.35. The summed E-state index contributed by atoms with van der Waals surface area (Å²) >= 11 is 0. The molecule has 1 saturated carbocycles. The molecule has 0 bridgehead atoms. The van der Waals surface area contributed by atoms with Gasteiger partial charge in [-0.25, -0.2) is 4.98 Å². The molecule has 2 rings (SSSR count). The summed E-state index contributed by atoms with van der Waals surface area (Å²) in [4.78, 5) is 3.90. The lowest BCUT2D eigenvalue weighted by Gasteiger charge is -2.07. The molecule has 1 aliphatic carbocycles. The van der Waals surface area contributed by atoms with Crippen LogP contribution >= 0.6 is 0 Å². The molecule has 1 fully saturated rings. The van der Waals surface area contributed by atoms with E-state index < -0.39 is 10.2 Å². The number of hydrogen-bond acceptors (Lipinski definition) is 4. The highest BCUT2D eigenvalue weighted by Crippen LogP contribution is 2.20. The third-order valence-corrected chi connectivity index (χ3v) is 3.33. The Morgan fingerprint density at radius 2 is 2.28 bits per heavy atom. The van der Waals surface area contributed by atoms with Crippen molar-refractivity contribution in [2.24, 2.45) is 0 Å². The van der Waals surface area contributed by atoms with E-state index >= 15 is 0 Å². The van der Waals surface area contributed by atoms with Crippen molar-refractivity contribution in [1.82, 2.24) is 9.71 Å². The first-order chi connectivity index (χ1) is 8.59. The normalized spacial score (nSPS) is 14.7. The minimum atomic E-state index is -3.57. The Bertz CT molecular complexity index is 585. The van der Waals surface area contributed by atoms with Gasteiger partial charge in [0, 0.05) is 17.8 Å². The van der Waals surface area contributed by atoms with Crippen molar-refractivity contribution >= 4 is 16.0 Å². The lowest BCUT2D eigenvalue weighted by atomic mass is 10.2. The number of anilines is 1. The van der Waals surface area contributed by atoms with Gasteiger partial charge in [0.1, 0.15) is 12.4 Å². The van der Waals surface area contributed by atoms with E-state index in [1.54, 1.807) is 6.07 Å². The Hall–Kier alpha value is -1.62. The molecule has 0 unspecified atom stereocenters. The topological polar surface area (TPSA) is 91.3 Å². The van der Waals surface area contributed by atoms with E-state index in [9.17, 15) is 8.42 Å². The van der Waals surface area contributed by atoms with E-state index in [2.05, 4.69) is 26.3 Å². The van der Waals surface area contributed by atoms with Crippen LogP contribution in [0.1, 0.15) is 18.4 Å². The molecule has 96 valence electrons. The van der Waals surface area contributed by atoms with Crippen LogP contribution in [0.25, 0.3) is 0 Å². The highest BCUT2D eigenvalue weighted by molar-refractivity contribution is 7.90. The predicted octanol–water partition coefficient (Wildman–Crippen LogP) is -0.166. The Morgan fingerprint density at radius 3 is 2.94 bits per heavy atom. The third-order valence-electron chi connectivity index (χ3n) is 2.21. The van der Waals surface area contributed by atoms with Crippen LogP contribution in [0, 0.1) is 11.8 Å². The molecule has 0 spiro atoms. The molecule has 0 atom stereocenters. The fourth-order valence-corrected chi connectivity index (χ4v) is 2.41. The van der Waals surface area contributed by atoms with Gasteiger partial charge in [0.05, 0.1) is 0 Å². The largest absolute Gasteiger partial charge is 0.384 e. The van der Waals surface area contributed by atoms with Crippen molar-refractivity contribution in [3.63, 3.8) is 0 Å². The number of aliphatic hydroxyl groups excluding tert-OH is 1. The summed E-state index contributed by atoms with van der Waals surface area (Å²) in [5, 5.41) is 8.58. The van der Waals surface area contributed by atoms with Gasteiger partial charge < -0.3 is 5.11 Å². The SMILES string of the molecule is O=S(=O)(Nc1cc(C#CCO)ccn1)NC1CC1. The van der Waals surface area contributed by atoms with Crippen molar-refractivity contribution in [2.45, 2.75) is 18.9 Å². The van der Waals surface area contributed by atoms with Crippen molar-refractivity contribution < 1.29 is 13.5 Å². The molecule has 0 saturated heterocycles. The van der Waals surface area contributed by atoms with Crippen LogP contribution in [-0.4, -0.2) is 31.2 Å². The Balaban J connectivity index is 2.08. The molecule has 0 radical (unpaired) electrons. The number of aromatic nitrogens is 1. The predicted molar refractivity (Wildman–Crippen MR) is 66.9 cm³/mol. The minimum Gasteiger partial charge on any atom is -0.384 e. The molecule has 1 heterocycles. The summed E-state index contributed by atoms with van der Waals surface area (Å²) in [7, 11) is -3.57. The van der Waals surface area contributed by atoms with Crippen LogP contribution in [0.4, 0.5) is 5.82 Å². The number of aliphatic hydroxyl groups is 1. The molecule has 3 N–H and O–H groups in total. The third kappa shape index (κ3) is 4.00. The number of pyridine rings is 1. The van der Waals surface area contributed by atoms with Crippen LogP contribution in [0.3, 0.4) is 0 Å². The number of nitrogens with one attached hydrogen (secondary N) is 2. The summed E-state index contributed by atoms with van der Waals surface area (Å²) in [6.45, 7) is -0.243. The van der Waals surface area contributed by atoms with Gasteiger partial charge >= 0.3 is 10.2 Å². The second-order valence-corrected chi connectivity index (χ2v) is 5.33. The van der Waals surface area contributed by atoms with Crippen molar-refractivity contribution in [1.29, 1.82) is 0 Å². The summed E-state index contributed by atoms with van der Waals surface area (Å²) in [6, 6.07) is 3.18. The maximum Gasteiger partial charge on any atom is 0.300 e. The monoisotopic (exact) mass is 267 g/mol. The average Bonchev–Trinajstić information content (AvgIpc) is 3.09. The number of hydrogen-bond donors (Lipinski definition) is 3. The van der Waals surface area contributed by atoms with Crippen molar-refractivity contribution in [2.75, 3.05) is 11.3 Å². The van der Waals surface area contributed by atoms with Gasteiger partial charge in [0.15, 0.2) is 0 Å². The zero-order valence-electron chi connectivity index (χ0n) is 9.55. The molecule has 0 aliphatic heterocycles. The van der Waals surface area contributed by atoms with E-state index in [0.717, 1.165) is 12.8 Å². The molecule has 7 heteroatoms. The average molecular weight is 267 g/mol. The van der Waals surface area contributed by atoms with Crippen molar-refractivity contribution in [3.8, 4) is 11.8 Å². The van der Waals surface area contributed by atoms with E-state index in [4.69, 9.17) is 5.11 Å². The standard InChI is InChI=1S/C11H13N3O3S/c15-7-1-2-9-5-6-12-11(8-9)14-18(16,17)13-10-3-4-10/h5-6,8,10,13,15H,3-4,7H2,(H,12,14). The van der Waals surface area contributed by atoms with Gasteiger partial charge in [0.2, 0.25) is 0 Å². The zero-order chi connectivity index (χ0) is 13.0. The number of rotatable bonds is 4. The Morgan fingerprint density at radius 1 is 1.50 bits per heavy atom. The molecule has 1 aromatic heterocycles. The smallest absolute Gasteiger partial charge is 0.300 e. The van der Waals surface area contributed by atoms with E-state index in [-0.39, 0.29) is 18.5 Å². The second-order valence-electron chi connectivity index (χ2n) is 3.89. The maximum absolute atomic E-state index is 11.6. The molecule has 6 nitrogen and oxygen atoms in total. The fraction of sp³-hybridized carbons (Fsp3) is 0.364. The van der Waals surface area contributed by atoms with Gasteiger partial charge in [0.25, 0.3) is 0 Å². The lowest BCUT2D eigenvalue weighted by molar-refractivity contribution is 0.350. The minimum absolute atomic E-state index is 0.0415. The van der Waals surface area contributed by atoms with E-state index in [1.165, 1.54) is 12.3 Å². The molecule has 18 heavy (non-hydrogen) atoms. The van der Waals surface area contributed by atoms with Crippen LogP contribution in [-0.2, 0) is 10.2 Å².